The van der Waals surface area contributed by atoms with Crippen molar-refractivity contribution in [1.29, 1.82) is 0 Å². The summed E-state index contributed by atoms with van der Waals surface area (Å²) in [5.74, 6) is 0. The zero-order valence-corrected chi connectivity index (χ0v) is 14.5. The number of hydrogen-bond acceptors (Lipinski definition) is 2. The van der Waals surface area contributed by atoms with Crippen molar-refractivity contribution in [3.8, 4) is 0 Å². The van der Waals surface area contributed by atoms with Gasteiger partial charge in [-0.3, -0.25) is 0 Å². The van der Waals surface area contributed by atoms with E-state index in [4.69, 9.17) is 9.78 Å². The first-order valence-electron chi connectivity index (χ1n) is 7.96. The minimum absolute atomic E-state index is 0.535. The first-order chi connectivity index (χ1) is 10.8. The van der Waals surface area contributed by atoms with Crippen LogP contribution in [0, 0.1) is 0 Å². The van der Waals surface area contributed by atoms with E-state index in [2.05, 4.69) is 18.7 Å². The maximum Gasteiger partial charge on any atom is 0.129 e. The summed E-state index contributed by atoms with van der Waals surface area (Å²) in [5, 5.41) is 0. The van der Waals surface area contributed by atoms with E-state index in [1.165, 1.54) is 0 Å². The van der Waals surface area contributed by atoms with Gasteiger partial charge < -0.3 is 0 Å². The van der Waals surface area contributed by atoms with Gasteiger partial charge in [0.15, 0.2) is 0 Å². The summed E-state index contributed by atoms with van der Waals surface area (Å²) in [4.78, 5) is 11.9. The second-order valence-electron chi connectivity index (χ2n) is 6.77. The van der Waals surface area contributed by atoms with E-state index in [0.29, 0.717) is 6.42 Å². The van der Waals surface area contributed by atoms with Crippen molar-refractivity contribution in [2.75, 3.05) is 0 Å². The molecule has 2 heteroatoms. The molecule has 0 heterocycles. The lowest BCUT2D eigenvalue weighted by atomic mass is 9.90. The lowest BCUT2D eigenvalue weighted by Gasteiger charge is -2.34. The van der Waals surface area contributed by atoms with Crippen molar-refractivity contribution in [1.82, 2.24) is 0 Å². The Morgan fingerprint density at radius 2 is 1.30 bits per heavy atom. The van der Waals surface area contributed by atoms with Gasteiger partial charge in [0.05, 0.1) is 0 Å². The zero-order chi connectivity index (χ0) is 16.9. The molecule has 0 amide bonds. The van der Waals surface area contributed by atoms with Gasteiger partial charge in [0.1, 0.15) is 11.2 Å². The van der Waals surface area contributed by atoms with Crippen molar-refractivity contribution in [3.05, 3.63) is 83.9 Å². The fourth-order valence-corrected chi connectivity index (χ4v) is 2.63. The highest BCUT2D eigenvalue weighted by Gasteiger charge is 2.33. The molecule has 0 aromatic heterocycles. The first-order valence-corrected chi connectivity index (χ1v) is 7.96. The first kappa shape index (κ1) is 17.5. The van der Waals surface area contributed by atoms with Gasteiger partial charge >= 0.3 is 0 Å². The van der Waals surface area contributed by atoms with Gasteiger partial charge in [0, 0.05) is 6.42 Å². The van der Waals surface area contributed by atoms with Crippen molar-refractivity contribution in [3.63, 3.8) is 0 Å². The summed E-state index contributed by atoms with van der Waals surface area (Å²) in [6, 6.07) is 20.2. The molecule has 2 rings (SSSR count). The molecule has 122 valence electrons. The molecule has 0 bridgehead atoms. The van der Waals surface area contributed by atoms with Crippen LogP contribution in [0.15, 0.2) is 72.8 Å². The van der Waals surface area contributed by atoms with Crippen molar-refractivity contribution in [2.24, 2.45) is 0 Å². The largest absolute Gasteiger partial charge is 0.225 e. The summed E-state index contributed by atoms with van der Waals surface area (Å²) in [5.41, 5.74) is 2.10. The SMILES string of the molecule is C=C(C)CC(C)(OOC(C)(C)c1ccccc1)c1ccccc1. The molecule has 1 unspecified atom stereocenters. The third kappa shape index (κ3) is 4.54. The Hall–Kier alpha value is -1.90. The van der Waals surface area contributed by atoms with Crippen LogP contribution in [0.25, 0.3) is 0 Å². The molecule has 0 aliphatic rings. The Labute approximate surface area is 139 Å². The summed E-state index contributed by atoms with van der Waals surface area (Å²) in [6.45, 7) is 12.1. The molecule has 2 aromatic rings. The molecular weight excluding hydrogens is 284 g/mol. The summed E-state index contributed by atoms with van der Waals surface area (Å²) in [6.07, 6.45) is 0.696. The molecule has 23 heavy (non-hydrogen) atoms. The molecule has 0 saturated carbocycles. The highest BCUT2D eigenvalue weighted by Crippen LogP contribution is 2.35. The van der Waals surface area contributed by atoms with Crippen molar-refractivity contribution in [2.45, 2.75) is 45.3 Å². The Kier molecular flexibility index (Phi) is 5.40. The third-order valence-corrected chi connectivity index (χ3v) is 3.93. The highest BCUT2D eigenvalue weighted by molar-refractivity contribution is 5.24. The molecule has 0 aliphatic heterocycles. The van der Waals surface area contributed by atoms with Crippen molar-refractivity contribution < 1.29 is 9.78 Å². The van der Waals surface area contributed by atoms with Gasteiger partial charge in [-0.05, 0) is 38.8 Å². The summed E-state index contributed by atoms with van der Waals surface area (Å²) < 4.78 is 0. The number of benzene rings is 2. The molecule has 0 fully saturated rings. The van der Waals surface area contributed by atoms with E-state index in [-0.39, 0.29) is 0 Å². The van der Waals surface area contributed by atoms with Crippen LogP contribution in [0.2, 0.25) is 0 Å². The van der Waals surface area contributed by atoms with Crippen LogP contribution in [0.1, 0.15) is 45.2 Å². The van der Waals surface area contributed by atoms with E-state index in [9.17, 15) is 0 Å². The predicted molar refractivity (Wildman–Crippen MR) is 94.9 cm³/mol. The fourth-order valence-electron chi connectivity index (χ4n) is 2.63. The smallest absolute Gasteiger partial charge is 0.129 e. The van der Waals surface area contributed by atoms with E-state index >= 15 is 0 Å². The normalized spacial score (nSPS) is 14.3. The fraction of sp³-hybridized carbons (Fsp3) is 0.333. The Balaban J connectivity index is 2.20. The van der Waals surface area contributed by atoms with Crippen LogP contribution >= 0.6 is 0 Å². The van der Waals surface area contributed by atoms with Crippen LogP contribution in [0.5, 0.6) is 0 Å². The predicted octanol–water partition coefficient (Wildman–Crippen LogP) is 5.75. The molecule has 2 aromatic carbocycles. The Morgan fingerprint density at radius 3 is 1.78 bits per heavy atom. The van der Waals surface area contributed by atoms with Gasteiger partial charge in [0.2, 0.25) is 0 Å². The minimum Gasteiger partial charge on any atom is -0.225 e. The molecule has 2 nitrogen and oxygen atoms in total. The zero-order valence-electron chi connectivity index (χ0n) is 14.5. The molecule has 1 atom stereocenters. The van der Waals surface area contributed by atoms with Gasteiger partial charge in [-0.2, -0.15) is 0 Å². The summed E-state index contributed by atoms with van der Waals surface area (Å²) in [7, 11) is 0. The van der Waals surface area contributed by atoms with E-state index in [1.807, 2.05) is 76.2 Å². The maximum absolute atomic E-state index is 5.98. The number of hydrogen-bond donors (Lipinski definition) is 0. The second-order valence-corrected chi connectivity index (χ2v) is 6.77. The Morgan fingerprint density at radius 1 is 0.826 bits per heavy atom. The van der Waals surface area contributed by atoms with E-state index in [1.54, 1.807) is 0 Å². The quantitative estimate of drug-likeness (QED) is 0.368. The van der Waals surface area contributed by atoms with E-state index in [0.717, 1.165) is 16.7 Å². The molecule has 0 radical (unpaired) electrons. The van der Waals surface area contributed by atoms with Gasteiger partial charge in [0.25, 0.3) is 0 Å². The highest BCUT2D eigenvalue weighted by atomic mass is 17.2. The maximum atomic E-state index is 5.98. The second kappa shape index (κ2) is 7.12. The topological polar surface area (TPSA) is 18.5 Å². The van der Waals surface area contributed by atoms with Gasteiger partial charge in [-0.1, -0.05) is 66.2 Å². The van der Waals surface area contributed by atoms with E-state index < -0.39 is 11.2 Å². The minimum atomic E-state index is -0.570. The lowest BCUT2D eigenvalue weighted by Crippen LogP contribution is -2.32. The van der Waals surface area contributed by atoms with Crippen molar-refractivity contribution >= 4 is 0 Å². The van der Waals surface area contributed by atoms with Crippen LogP contribution in [0.3, 0.4) is 0 Å². The summed E-state index contributed by atoms with van der Waals surface area (Å²) >= 11 is 0. The van der Waals surface area contributed by atoms with Crippen LogP contribution in [0.4, 0.5) is 0 Å². The van der Waals surface area contributed by atoms with Gasteiger partial charge in [-0.25, -0.2) is 9.78 Å². The third-order valence-electron chi connectivity index (χ3n) is 3.93. The van der Waals surface area contributed by atoms with Crippen LogP contribution in [-0.2, 0) is 21.0 Å². The molecule has 0 aliphatic carbocycles. The standard InChI is InChI=1S/C21H26O2/c1-17(2)16-21(5,19-14-10-7-11-15-19)23-22-20(3,4)18-12-8-6-9-13-18/h6-15H,1,16H2,2-5H3. The van der Waals surface area contributed by atoms with Crippen LogP contribution < -0.4 is 0 Å². The molecule has 0 N–H and O–H groups in total. The Bertz CT molecular complexity index is 631. The average molecular weight is 310 g/mol. The molecule has 0 spiro atoms. The van der Waals surface area contributed by atoms with Crippen LogP contribution in [-0.4, -0.2) is 0 Å². The van der Waals surface area contributed by atoms with Gasteiger partial charge in [-0.15, -0.1) is 6.58 Å². The average Bonchev–Trinajstić information content (AvgIpc) is 2.54. The molecular formula is C21H26O2. The number of rotatable bonds is 7. The lowest BCUT2D eigenvalue weighted by molar-refractivity contribution is -0.413. The molecule has 0 saturated heterocycles. The monoisotopic (exact) mass is 310 g/mol.